The third-order valence-corrected chi connectivity index (χ3v) is 4.64. The maximum absolute atomic E-state index is 13.0. The highest BCUT2D eigenvalue weighted by molar-refractivity contribution is 5.72. The van der Waals surface area contributed by atoms with Crippen molar-refractivity contribution in [3.05, 3.63) is 22.9 Å². The van der Waals surface area contributed by atoms with Crippen molar-refractivity contribution in [2.24, 2.45) is 0 Å². The third-order valence-electron chi connectivity index (χ3n) is 4.64. The van der Waals surface area contributed by atoms with E-state index in [0.29, 0.717) is 0 Å². The molecular weight excluding hydrogens is 444 g/mol. The summed E-state index contributed by atoms with van der Waals surface area (Å²) in [5, 5.41) is 6.44. The Balaban J connectivity index is 2.13. The van der Waals surface area contributed by atoms with Gasteiger partial charge in [0.25, 0.3) is 5.56 Å². The quantitative estimate of drug-likeness (QED) is 0.422. The first-order valence-electron chi connectivity index (χ1n) is 9.79. The summed E-state index contributed by atoms with van der Waals surface area (Å²) in [4.78, 5) is 64.1. The highest BCUT2D eigenvalue weighted by Crippen LogP contribution is 2.34. The van der Waals surface area contributed by atoms with Gasteiger partial charge >= 0.3 is 23.9 Å². The summed E-state index contributed by atoms with van der Waals surface area (Å²) in [5.41, 5.74) is -0.392. The minimum atomic E-state index is -1.42. The lowest BCUT2D eigenvalue weighted by Gasteiger charge is -2.44. The Morgan fingerprint density at radius 3 is 2.18 bits per heavy atom. The van der Waals surface area contributed by atoms with Crippen LogP contribution in [0.15, 0.2) is 17.3 Å². The fourth-order valence-corrected chi connectivity index (χ4v) is 3.46. The Hall–Kier alpha value is -3.81. The second kappa shape index (κ2) is 9.77. The van der Waals surface area contributed by atoms with E-state index >= 15 is 0 Å². The van der Waals surface area contributed by atoms with Crippen molar-refractivity contribution in [1.82, 2.24) is 19.7 Å². The zero-order valence-electron chi connectivity index (χ0n) is 18.2. The number of hydrogen-bond donors (Lipinski definition) is 1. The number of nitrogens with one attached hydrogen (secondary N) is 1. The zero-order chi connectivity index (χ0) is 24.3. The smallest absolute Gasteiger partial charge is 0.303 e. The maximum atomic E-state index is 13.0. The largest absolute Gasteiger partial charge is 0.463 e. The van der Waals surface area contributed by atoms with Gasteiger partial charge in [-0.2, -0.15) is 5.10 Å². The maximum Gasteiger partial charge on any atom is 0.303 e. The van der Waals surface area contributed by atoms with Crippen LogP contribution in [0, 0.1) is 0 Å². The molecule has 0 radical (unpaired) electrons. The molecular formula is C19H22N4O10. The minimum absolute atomic E-state index is 0.116. The number of fused-ring (bicyclic) bond motifs is 1. The molecule has 1 aliphatic heterocycles. The number of ether oxygens (including phenoxy) is 5. The highest BCUT2D eigenvalue weighted by atomic mass is 16.7. The second-order valence-corrected chi connectivity index (χ2v) is 7.18. The molecule has 0 aromatic carbocycles. The van der Waals surface area contributed by atoms with Gasteiger partial charge in [-0.05, 0) is 0 Å². The van der Waals surface area contributed by atoms with Gasteiger partial charge in [0, 0.05) is 27.7 Å². The Bertz CT molecular complexity index is 1130. The van der Waals surface area contributed by atoms with Crippen molar-refractivity contribution >= 4 is 34.9 Å². The summed E-state index contributed by atoms with van der Waals surface area (Å²) in [6.45, 7) is 4.07. The fourth-order valence-electron chi connectivity index (χ4n) is 3.46. The van der Waals surface area contributed by atoms with Gasteiger partial charge in [-0.1, -0.05) is 0 Å². The van der Waals surface area contributed by atoms with E-state index in [4.69, 9.17) is 23.7 Å². The second-order valence-electron chi connectivity index (χ2n) is 7.18. The van der Waals surface area contributed by atoms with Gasteiger partial charge in [-0.3, -0.25) is 33.6 Å². The molecule has 1 N–H and O–H groups in total. The molecule has 2 aromatic rings. The molecule has 1 fully saturated rings. The van der Waals surface area contributed by atoms with Crippen molar-refractivity contribution in [3.8, 4) is 0 Å². The van der Waals surface area contributed by atoms with Gasteiger partial charge in [0.15, 0.2) is 30.2 Å². The fraction of sp³-hybridized carbons (Fsp3) is 0.526. The molecule has 1 aliphatic rings. The lowest BCUT2D eigenvalue weighted by Crippen LogP contribution is -2.61. The SMILES string of the molecule is CC(=O)OCC1OC(n2cnc3[nH]ncc3c2=O)C(OC(C)=O)C(OC(C)=O)C1OC(C)=O. The predicted molar refractivity (Wildman–Crippen MR) is 105 cm³/mol. The Kier molecular flexibility index (Phi) is 7.06. The van der Waals surface area contributed by atoms with Crippen LogP contribution in [0.25, 0.3) is 11.0 Å². The topological polar surface area (TPSA) is 178 Å². The van der Waals surface area contributed by atoms with Crippen molar-refractivity contribution in [1.29, 1.82) is 0 Å². The number of H-pyrrole nitrogens is 1. The Labute approximate surface area is 186 Å². The molecule has 3 rings (SSSR count). The van der Waals surface area contributed by atoms with Crippen molar-refractivity contribution in [2.45, 2.75) is 58.3 Å². The molecule has 5 unspecified atom stereocenters. The molecule has 178 valence electrons. The first-order chi connectivity index (χ1) is 15.6. The van der Waals surface area contributed by atoms with Crippen LogP contribution < -0.4 is 5.56 Å². The van der Waals surface area contributed by atoms with Crippen molar-refractivity contribution in [3.63, 3.8) is 0 Å². The third kappa shape index (κ3) is 5.34. The van der Waals surface area contributed by atoms with E-state index < -0.39 is 66.7 Å². The van der Waals surface area contributed by atoms with Crippen molar-refractivity contribution in [2.75, 3.05) is 6.61 Å². The zero-order valence-corrected chi connectivity index (χ0v) is 18.2. The van der Waals surface area contributed by atoms with E-state index in [1.807, 2.05) is 0 Å². The van der Waals surface area contributed by atoms with E-state index in [1.54, 1.807) is 0 Å². The Morgan fingerprint density at radius 1 is 0.970 bits per heavy atom. The lowest BCUT2D eigenvalue weighted by atomic mass is 9.97. The molecule has 0 spiro atoms. The molecule has 0 aliphatic carbocycles. The van der Waals surface area contributed by atoms with Gasteiger partial charge in [0.2, 0.25) is 0 Å². The normalized spacial score (nSPS) is 24.7. The van der Waals surface area contributed by atoms with Crippen LogP contribution in [0.1, 0.15) is 33.9 Å². The summed E-state index contributed by atoms with van der Waals surface area (Å²) in [7, 11) is 0. The van der Waals surface area contributed by atoms with Gasteiger partial charge in [0.1, 0.15) is 24.4 Å². The summed E-state index contributed by atoms with van der Waals surface area (Å²) in [5.74, 6) is -2.97. The molecule has 14 nitrogen and oxygen atoms in total. The van der Waals surface area contributed by atoms with Crippen LogP contribution >= 0.6 is 0 Å². The summed E-state index contributed by atoms with van der Waals surface area (Å²) in [6.07, 6.45) is -4.34. The van der Waals surface area contributed by atoms with E-state index in [0.717, 1.165) is 38.6 Å². The van der Waals surface area contributed by atoms with E-state index in [1.165, 1.54) is 6.20 Å². The summed E-state index contributed by atoms with van der Waals surface area (Å²) in [6, 6.07) is 0. The number of carbonyl (C=O) groups excluding carboxylic acids is 4. The number of hydrogen-bond acceptors (Lipinski definition) is 12. The van der Waals surface area contributed by atoms with E-state index in [2.05, 4.69) is 15.2 Å². The molecule has 14 heteroatoms. The molecule has 0 bridgehead atoms. The average molecular weight is 466 g/mol. The first-order valence-corrected chi connectivity index (χ1v) is 9.79. The van der Waals surface area contributed by atoms with Crippen LogP contribution in [-0.2, 0) is 42.9 Å². The number of esters is 4. The number of carbonyl (C=O) groups is 4. The van der Waals surface area contributed by atoms with Crippen LogP contribution in [0.2, 0.25) is 0 Å². The highest BCUT2D eigenvalue weighted by Gasteiger charge is 2.53. The van der Waals surface area contributed by atoms with E-state index in [-0.39, 0.29) is 11.0 Å². The molecule has 0 amide bonds. The van der Waals surface area contributed by atoms with Gasteiger partial charge in [-0.15, -0.1) is 0 Å². The van der Waals surface area contributed by atoms with Gasteiger partial charge < -0.3 is 23.7 Å². The molecule has 0 saturated carbocycles. The number of aromatic amines is 1. The molecule has 2 aromatic heterocycles. The molecule has 33 heavy (non-hydrogen) atoms. The molecule has 5 atom stereocenters. The summed E-state index contributed by atoms with van der Waals surface area (Å²) < 4.78 is 28.0. The molecule has 1 saturated heterocycles. The number of rotatable bonds is 6. The standard InChI is InChI=1S/C19H22N4O10/c1-8(24)29-6-13-14(30-9(2)25)15(31-10(3)26)16(32-11(4)27)19(33-13)23-7-20-17-12(18(23)28)5-21-22-17/h5,7,13-16,19H,6H2,1-4H3,(H,21,22). The predicted octanol–water partition coefficient (Wildman–Crippen LogP) is -0.625. The van der Waals surface area contributed by atoms with Crippen LogP contribution in [0.3, 0.4) is 0 Å². The van der Waals surface area contributed by atoms with Crippen LogP contribution in [-0.4, -0.2) is 74.6 Å². The minimum Gasteiger partial charge on any atom is -0.463 e. The van der Waals surface area contributed by atoms with Crippen LogP contribution in [0.4, 0.5) is 0 Å². The van der Waals surface area contributed by atoms with Crippen molar-refractivity contribution < 1.29 is 42.9 Å². The van der Waals surface area contributed by atoms with Gasteiger partial charge in [-0.25, -0.2) is 4.98 Å². The summed E-state index contributed by atoms with van der Waals surface area (Å²) >= 11 is 0. The van der Waals surface area contributed by atoms with Gasteiger partial charge in [0.05, 0.1) is 6.20 Å². The average Bonchev–Trinajstić information content (AvgIpc) is 3.19. The van der Waals surface area contributed by atoms with Crippen LogP contribution in [0.5, 0.6) is 0 Å². The number of aromatic nitrogens is 4. The van der Waals surface area contributed by atoms with E-state index in [9.17, 15) is 24.0 Å². The first kappa shape index (κ1) is 23.8. The molecule has 3 heterocycles. The number of nitrogens with zero attached hydrogens (tertiary/aromatic N) is 3. The Morgan fingerprint density at radius 2 is 1.58 bits per heavy atom. The lowest BCUT2D eigenvalue weighted by molar-refractivity contribution is -0.269. The monoisotopic (exact) mass is 466 g/mol.